The summed E-state index contributed by atoms with van der Waals surface area (Å²) in [5.74, 6) is 1.32. The van der Waals surface area contributed by atoms with Gasteiger partial charge in [-0.2, -0.15) is 0 Å². The number of carbonyl (C=O) groups excluding carboxylic acids is 1. The molecule has 1 aliphatic heterocycles. The van der Waals surface area contributed by atoms with Gasteiger partial charge < -0.3 is 9.32 Å². The second kappa shape index (κ2) is 9.24. The summed E-state index contributed by atoms with van der Waals surface area (Å²) < 4.78 is 29.4. The third-order valence-electron chi connectivity index (χ3n) is 4.81. The summed E-state index contributed by atoms with van der Waals surface area (Å²) in [5, 5.41) is 2.02. The highest BCUT2D eigenvalue weighted by Gasteiger charge is 2.35. The lowest BCUT2D eigenvalue weighted by atomic mass is 10.1. The number of sulfone groups is 1. The fourth-order valence-corrected chi connectivity index (χ4v) is 6.04. The molecule has 3 heterocycles. The van der Waals surface area contributed by atoms with E-state index < -0.39 is 9.84 Å². The van der Waals surface area contributed by atoms with E-state index in [4.69, 9.17) is 4.42 Å². The largest absolute Gasteiger partial charge is 0.468 e. The molecule has 0 N–H and O–H groups in total. The molecule has 0 radical (unpaired) electrons. The zero-order valence-corrected chi connectivity index (χ0v) is 18.0. The minimum absolute atomic E-state index is 0.0149. The van der Waals surface area contributed by atoms with E-state index in [2.05, 4.69) is 24.8 Å². The first-order valence-electron chi connectivity index (χ1n) is 9.59. The number of nitrogens with zero attached hydrogens (tertiary/aromatic N) is 2. The lowest BCUT2D eigenvalue weighted by Crippen LogP contribution is -2.47. The highest BCUT2D eigenvalue weighted by molar-refractivity contribution is 7.91. The van der Waals surface area contributed by atoms with Crippen molar-refractivity contribution in [2.24, 2.45) is 5.92 Å². The Morgan fingerprint density at radius 3 is 2.68 bits per heavy atom. The van der Waals surface area contributed by atoms with Crippen molar-refractivity contribution in [3.63, 3.8) is 0 Å². The molecule has 1 atom stereocenters. The molecule has 0 spiro atoms. The zero-order valence-electron chi connectivity index (χ0n) is 16.4. The van der Waals surface area contributed by atoms with Gasteiger partial charge in [0.2, 0.25) is 5.91 Å². The van der Waals surface area contributed by atoms with E-state index >= 15 is 0 Å². The molecule has 2 aromatic rings. The number of carbonyl (C=O) groups is 1. The molecular formula is C20H28N2O4S2. The molecule has 2 aromatic heterocycles. The molecular weight excluding hydrogens is 396 g/mol. The maximum atomic E-state index is 13.2. The first-order chi connectivity index (χ1) is 13.3. The quantitative estimate of drug-likeness (QED) is 0.619. The van der Waals surface area contributed by atoms with Gasteiger partial charge in [-0.25, -0.2) is 8.42 Å². The maximum Gasteiger partial charge on any atom is 0.237 e. The average molecular weight is 425 g/mol. The molecule has 0 bridgehead atoms. The fraction of sp³-hybridized carbons (Fsp3) is 0.550. The molecule has 6 nitrogen and oxygen atoms in total. The monoisotopic (exact) mass is 424 g/mol. The van der Waals surface area contributed by atoms with E-state index in [-0.39, 0.29) is 35.9 Å². The SMILES string of the molecule is CC(C)CN(C(=O)CN(Cc1ccco1)Cc1cccs1)[C@H]1CCS(=O)(=O)C1. The molecule has 0 unspecified atom stereocenters. The fourth-order valence-electron chi connectivity index (χ4n) is 3.56. The molecule has 28 heavy (non-hydrogen) atoms. The van der Waals surface area contributed by atoms with Crippen LogP contribution in [0.25, 0.3) is 0 Å². The van der Waals surface area contributed by atoms with E-state index in [1.165, 1.54) is 4.88 Å². The van der Waals surface area contributed by atoms with Gasteiger partial charge >= 0.3 is 0 Å². The molecule has 1 fully saturated rings. The van der Waals surface area contributed by atoms with Crippen LogP contribution < -0.4 is 0 Å². The standard InChI is InChI=1S/C20H28N2O4S2/c1-16(2)11-22(17-7-10-28(24,25)15-17)20(23)14-21(12-18-5-3-8-26-18)13-19-6-4-9-27-19/h3-6,8-9,16-17H,7,10-15H2,1-2H3/t17-/m0/s1. The van der Waals surface area contributed by atoms with Crippen LogP contribution in [0.4, 0.5) is 0 Å². The van der Waals surface area contributed by atoms with Crippen molar-refractivity contribution in [1.29, 1.82) is 0 Å². The van der Waals surface area contributed by atoms with Gasteiger partial charge in [0.15, 0.2) is 9.84 Å². The number of hydrogen-bond donors (Lipinski definition) is 0. The van der Waals surface area contributed by atoms with Gasteiger partial charge in [0.25, 0.3) is 0 Å². The number of hydrogen-bond acceptors (Lipinski definition) is 6. The second-order valence-electron chi connectivity index (χ2n) is 7.80. The molecule has 0 aliphatic carbocycles. The Bertz CT molecular complexity index is 809. The molecule has 154 valence electrons. The summed E-state index contributed by atoms with van der Waals surface area (Å²) in [5.41, 5.74) is 0. The highest BCUT2D eigenvalue weighted by Crippen LogP contribution is 2.21. The van der Waals surface area contributed by atoms with Crippen LogP contribution in [0.15, 0.2) is 40.3 Å². The summed E-state index contributed by atoms with van der Waals surface area (Å²) in [6, 6.07) is 7.59. The lowest BCUT2D eigenvalue weighted by molar-refractivity contribution is -0.135. The summed E-state index contributed by atoms with van der Waals surface area (Å²) in [7, 11) is -3.04. The van der Waals surface area contributed by atoms with E-state index in [1.54, 1.807) is 22.5 Å². The topological polar surface area (TPSA) is 70.8 Å². The summed E-state index contributed by atoms with van der Waals surface area (Å²) in [4.78, 5) is 18.2. The third-order valence-corrected chi connectivity index (χ3v) is 7.42. The van der Waals surface area contributed by atoms with Crippen LogP contribution in [0.2, 0.25) is 0 Å². The molecule has 1 saturated heterocycles. The Labute approximate surface area is 171 Å². The van der Waals surface area contributed by atoms with Gasteiger partial charge in [-0.3, -0.25) is 9.69 Å². The number of rotatable bonds is 9. The Morgan fingerprint density at radius 1 is 1.29 bits per heavy atom. The Hall–Kier alpha value is -1.64. The lowest BCUT2D eigenvalue weighted by Gasteiger charge is -2.32. The van der Waals surface area contributed by atoms with Crippen LogP contribution in [0.1, 0.15) is 30.9 Å². The van der Waals surface area contributed by atoms with Gasteiger partial charge in [0.1, 0.15) is 5.76 Å². The van der Waals surface area contributed by atoms with Crippen molar-refractivity contribution in [2.45, 2.75) is 39.4 Å². The Kier molecular flexibility index (Phi) is 6.95. The molecule has 1 aliphatic rings. The van der Waals surface area contributed by atoms with Crippen LogP contribution in [-0.2, 0) is 27.7 Å². The predicted octanol–water partition coefficient (Wildman–Crippen LogP) is 3.02. The molecule has 0 aromatic carbocycles. The van der Waals surface area contributed by atoms with E-state index in [0.717, 1.165) is 5.76 Å². The normalized spacial score (nSPS) is 18.8. The molecule has 3 rings (SSSR count). The average Bonchev–Trinajstić information content (AvgIpc) is 3.35. The van der Waals surface area contributed by atoms with Gasteiger partial charge in [0.05, 0.1) is 30.9 Å². The van der Waals surface area contributed by atoms with Crippen LogP contribution in [-0.4, -0.2) is 54.8 Å². The number of thiophene rings is 1. The zero-order chi connectivity index (χ0) is 20.1. The molecule has 8 heteroatoms. The second-order valence-corrected chi connectivity index (χ2v) is 11.1. The van der Waals surface area contributed by atoms with Gasteiger partial charge in [0, 0.05) is 24.0 Å². The van der Waals surface area contributed by atoms with Crippen LogP contribution in [0, 0.1) is 5.92 Å². The van der Waals surface area contributed by atoms with Crippen LogP contribution in [0.5, 0.6) is 0 Å². The van der Waals surface area contributed by atoms with E-state index in [9.17, 15) is 13.2 Å². The van der Waals surface area contributed by atoms with Gasteiger partial charge in [-0.1, -0.05) is 19.9 Å². The summed E-state index contributed by atoms with van der Waals surface area (Å²) in [6.45, 7) is 6.11. The van der Waals surface area contributed by atoms with Crippen molar-refractivity contribution < 1.29 is 17.6 Å². The smallest absolute Gasteiger partial charge is 0.237 e. The first-order valence-corrected chi connectivity index (χ1v) is 12.3. The minimum atomic E-state index is -3.04. The molecule has 0 saturated carbocycles. The van der Waals surface area contributed by atoms with Gasteiger partial charge in [-0.15, -0.1) is 11.3 Å². The maximum absolute atomic E-state index is 13.2. The van der Waals surface area contributed by atoms with E-state index in [1.807, 2.05) is 23.6 Å². The van der Waals surface area contributed by atoms with Crippen LogP contribution in [0.3, 0.4) is 0 Å². The highest BCUT2D eigenvalue weighted by atomic mass is 32.2. The third kappa shape index (κ3) is 5.93. The summed E-state index contributed by atoms with van der Waals surface area (Å²) >= 11 is 1.66. The Morgan fingerprint density at radius 2 is 2.11 bits per heavy atom. The van der Waals surface area contributed by atoms with Crippen molar-refractivity contribution in [3.05, 3.63) is 46.5 Å². The molecule has 1 amide bonds. The van der Waals surface area contributed by atoms with Crippen molar-refractivity contribution in [2.75, 3.05) is 24.6 Å². The van der Waals surface area contributed by atoms with Crippen molar-refractivity contribution >= 4 is 27.1 Å². The Balaban J connectivity index is 1.73. The van der Waals surface area contributed by atoms with Crippen molar-refractivity contribution in [1.82, 2.24) is 9.80 Å². The number of amides is 1. The minimum Gasteiger partial charge on any atom is -0.468 e. The van der Waals surface area contributed by atoms with Crippen LogP contribution >= 0.6 is 11.3 Å². The summed E-state index contributed by atoms with van der Waals surface area (Å²) in [6.07, 6.45) is 2.17. The van der Waals surface area contributed by atoms with Gasteiger partial charge in [-0.05, 0) is 35.9 Å². The number of furan rings is 1. The van der Waals surface area contributed by atoms with E-state index in [0.29, 0.717) is 26.1 Å². The first kappa shape index (κ1) is 21.1. The predicted molar refractivity (Wildman–Crippen MR) is 111 cm³/mol. The van der Waals surface area contributed by atoms with Crippen molar-refractivity contribution in [3.8, 4) is 0 Å².